The maximum absolute atomic E-state index is 12.2. The molecule has 2 aromatic rings. The first-order valence-electron chi connectivity index (χ1n) is 8.80. The van der Waals surface area contributed by atoms with Gasteiger partial charge >= 0.3 is 0 Å². The zero-order valence-corrected chi connectivity index (χ0v) is 15.5. The highest BCUT2D eigenvalue weighted by molar-refractivity contribution is 6.06. The molecule has 26 heavy (non-hydrogen) atoms. The predicted molar refractivity (Wildman–Crippen MR) is 106 cm³/mol. The third-order valence-electron chi connectivity index (χ3n) is 4.25. The van der Waals surface area contributed by atoms with Crippen molar-refractivity contribution in [3.8, 4) is 6.07 Å². The van der Waals surface area contributed by atoms with Gasteiger partial charge in [0.05, 0.1) is 0 Å². The lowest BCUT2D eigenvalue weighted by Crippen LogP contribution is -2.18. The van der Waals surface area contributed by atoms with Crippen LogP contribution in [0.4, 0.5) is 5.69 Å². The highest BCUT2D eigenvalue weighted by Crippen LogP contribution is 2.17. The van der Waals surface area contributed by atoms with Gasteiger partial charge in [-0.2, -0.15) is 5.26 Å². The third-order valence-corrected chi connectivity index (χ3v) is 4.25. The van der Waals surface area contributed by atoms with Gasteiger partial charge in [-0.25, -0.2) is 0 Å². The van der Waals surface area contributed by atoms with E-state index in [-0.39, 0.29) is 5.57 Å². The molecule has 0 spiro atoms. The number of carbonyl (C=O) groups is 1. The number of hydrogen-bond acceptors (Lipinski definition) is 3. The fraction of sp³-hybridized carbons (Fsp3) is 0.273. The van der Waals surface area contributed by atoms with Gasteiger partial charge in [0.1, 0.15) is 11.6 Å². The minimum Gasteiger partial charge on any atom is -0.389 e. The van der Waals surface area contributed by atoms with Crippen LogP contribution in [-0.4, -0.2) is 12.5 Å². The van der Waals surface area contributed by atoms with E-state index in [1.54, 1.807) is 0 Å². The van der Waals surface area contributed by atoms with Crippen LogP contribution < -0.4 is 10.6 Å². The summed E-state index contributed by atoms with van der Waals surface area (Å²) in [6.07, 6.45) is 2.32. The van der Waals surface area contributed by atoms with Gasteiger partial charge in [0.2, 0.25) is 0 Å². The normalized spacial score (nSPS) is 11.1. The van der Waals surface area contributed by atoms with Crippen molar-refractivity contribution in [2.24, 2.45) is 0 Å². The molecule has 0 fully saturated rings. The fourth-order valence-corrected chi connectivity index (χ4v) is 2.57. The van der Waals surface area contributed by atoms with E-state index in [1.807, 2.05) is 42.5 Å². The second-order valence-corrected chi connectivity index (χ2v) is 6.53. The monoisotopic (exact) mass is 347 g/mol. The zero-order valence-electron chi connectivity index (χ0n) is 15.5. The Balaban J connectivity index is 1.90. The minimum absolute atomic E-state index is 0.0581. The summed E-state index contributed by atoms with van der Waals surface area (Å²) in [4.78, 5) is 12.2. The molecule has 2 rings (SSSR count). The number of aryl methyl sites for hydroxylation is 1. The number of rotatable bonds is 7. The molecule has 4 nitrogen and oxygen atoms in total. The van der Waals surface area contributed by atoms with Crippen LogP contribution in [0.15, 0.2) is 60.3 Å². The Labute approximate surface area is 155 Å². The van der Waals surface area contributed by atoms with E-state index in [4.69, 9.17) is 0 Å². The maximum atomic E-state index is 12.2. The molecule has 0 radical (unpaired) electrons. The molecule has 0 aliphatic rings. The number of hydrogen-bond donors (Lipinski definition) is 2. The first-order chi connectivity index (χ1) is 12.5. The zero-order chi connectivity index (χ0) is 18.9. The summed E-state index contributed by atoms with van der Waals surface area (Å²) in [5.74, 6) is 0.0277. The lowest BCUT2D eigenvalue weighted by atomic mass is 10.0. The number of nitrogens with one attached hydrogen (secondary N) is 2. The van der Waals surface area contributed by atoms with E-state index in [9.17, 15) is 10.1 Å². The van der Waals surface area contributed by atoms with Gasteiger partial charge in [-0.15, -0.1) is 0 Å². The second-order valence-electron chi connectivity index (χ2n) is 6.53. The van der Waals surface area contributed by atoms with E-state index in [1.165, 1.54) is 22.9 Å². The maximum Gasteiger partial charge on any atom is 0.267 e. The van der Waals surface area contributed by atoms with Crippen molar-refractivity contribution in [1.29, 1.82) is 5.26 Å². The van der Waals surface area contributed by atoms with Crippen molar-refractivity contribution in [3.63, 3.8) is 0 Å². The molecule has 2 N–H and O–H groups in total. The summed E-state index contributed by atoms with van der Waals surface area (Å²) in [5, 5.41) is 15.0. The van der Waals surface area contributed by atoms with Gasteiger partial charge in [0, 0.05) is 18.4 Å². The number of carbonyl (C=O) groups excluding carboxylic acids is 1. The first kappa shape index (κ1) is 19.3. The molecular formula is C22H25N3O. The second kappa shape index (κ2) is 9.43. The molecule has 0 aliphatic carbocycles. The Bertz CT molecular complexity index is 814. The van der Waals surface area contributed by atoms with Crippen molar-refractivity contribution in [3.05, 3.63) is 77.0 Å². The predicted octanol–water partition coefficient (Wildman–Crippen LogP) is 4.30. The van der Waals surface area contributed by atoms with E-state index < -0.39 is 5.91 Å². The Morgan fingerprint density at radius 2 is 1.85 bits per heavy atom. The van der Waals surface area contributed by atoms with Gasteiger partial charge in [-0.1, -0.05) is 50.2 Å². The fourth-order valence-electron chi connectivity index (χ4n) is 2.57. The van der Waals surface area contributed by atoms with Crippen LogP contribution in [0.1, 0.15) is 36.5 Å². The summed E-state index contributed by atoms with van der Waals surface area (Å²) >= 11 is 0. The number of nitriles is 1. The SMILES string of the molecule is Cc1ccccc1CCN/C=C(/C#N)C(=O)Nc1ccc(C(C)C)cc1. The van der Waals surface area contributed by atoms with Crippen LogP contribution in [-0.2, 0) is 11.2 Å². The molecule has 0 atom stereocenters. The largest absolute Gasteiger partial charge is 0.389 e. The van der Waals surface area contributed by atoms with E-state index in [0.717, 1.165) is 6.42 Å². The summed E-state index contributed by atoms with van der Waals surface area (Å²) in [6, 6.07) is 17.8. The van der Waals surface area contributed by atoms with Gasteiger partial charge in [0.15, 0.2) is 0 Å². The first-order valence-corrected chi connectivity index (χ1v) is 8.80. The molecule has 4 heteroatoms. The van der Waals surface area contributed by atoms with E-state index in [0.29, 0.717) is 18.2 Å². The lowest BCUT2D eigenvalue weighted by Gasteiger charge is -2.08. The topological polar surface area (TPSA) is 64.9 Å². The molecule has 2 aromatic carbocycles. The molecule has 0 unspecified atom stereocenters. The Hall–Kier alpha value is -3.06. The summed E-state index contributed by atoms with van der Waals surface area (Å²) < 4.78 is 0. The Kier molecular flexibility index (Phi) is 6.99. The van der Waals surface area contributed by atoms with Crippen LogP contribution in [0, 0.1) is 18.3 Å². The molecule has 0 aliphatic heterocycles. The standard InChI is InChI=1S/C22H25N3O/c1-16(2)18-8-10-21(11-9-18)25-22(26)20(14-23)15-24-13-12-19-7-5-4-6-17(19)3/h4-11,15-16,24H,12-13H2,1-3H3,(H,25,26)/b20-15-. The van der Waals surface area contributed by atoms with Crippen LogP contribution in [0.2, 0.25) is 0 Å². The molecule has 0 heterocycles. The van der Waals surface area contributed by atoms with Crippen LogP contribution in [0.25, 0.3) is 0 Å². The number of benzene rings is 2. The lowest BCUT2D eigenvalue weighted by molar-refractivity contribution is -0.112. The van der Waals surface area contributed by atoms with E-state index >= 15 is 0 Å². The average molecular weight is 347 g/mol. The molecular weight excluding hydrogens is 322 g/mol. The van der Waals surface area contributed by atoms with Crippen LogP contribution >= 0.6 is 0 Å². The smallest absolute Gasteiger partial charge is 0.267 e. The Morgan fingerprint density at radius 1 is 1.15 bits per heavy atom. The molecule has 0 bridgehead atoms. The van der Waals surface area contributed by atoms with Crippen LogP contribution in [0.5, 0.6) is 0 Å². The summed E-state index contributed by atoms with van der Waals surface area (Å²) in [5.41, 5.74) is 4.43. The molecule has 1 amide bonds. The van der Waals surface area contributed by atoms with Gasteiger partial charge in [-0.05, 0) is 48.1 Å². The molecule has 134 valence electrons. The van der Waals surface area contributed by atoms with Gasteiger partial charge < -0.3 is 10.6 Å². The average Bonchev–Trinajstić information content (AvgIpc) is 2.63. The minimum atomic E-state index is -0.409. The van der Waals surface area contributed by atoms with Gasteiger partial charge in [-0.3, -0.25) is 4.79 Å². The highest BCUT2D eigenvalue weighted by Gasteiger charge is 2.09. The third kappa shape index (κ3) is 5.49. The molecule has 0 aromatic heterocycles. The van der Waals surface area contributed by atoms with Crippen molar-refractivity contribution in [2.75, 3.05) is 11.9 Å². The van der Waals surface area contributed by atoms with Gasteiger partial charge in [0.25, 0.3) is 5.91 Å². The van der Waals surface area contributed by atoms with Crippen molar-refractivity contribution in [1.82, 2.24) is 5.32 Å². The van der Waals surface area contributed by atoms with Crippen molar-refractivity contribution in [2.45, 2.75) is 33.1 Å². The number of anilines is 1. The number of amides is 1. The summed E-state index contributed by atoms with van der Waals surface area (Å²) in [7, 11) is 0. The molecule has 0 saturated heterocycles. The summed E-state index contributed by atoms with van der Waals surface area (Å²) in [6.45, 7) is 6.97. The molecule has 0 saturated carbocycles. The van der Waals surface area contributed by atoms with E-state index in [2.05, 4.69) is 43.5 Å². The van der Waals surface area contributed by atoms with Crippen LogP contribution in [0.3, 0.4) is 0 Å². The quantitative estimate of drug-likeness (QED) is 0.446. The Morgan fingerprint density at radius 3 is 2.46 bits per heavy atom. The van der Waals surface area contributed by atoms with Crippen molar-refractivity contribution < 1.29 is 4.79 Å². The van der Waals surface area contributed by atoms with Crippen molar-refractivity contribution >= 4 is 11.6 Å². The number of nitrogens with zero attached hydrogens (tertiary/aromatic N) is 1. The highest BCUT2D eigenvalue weighted by atomic mass is 16.1.